The molecular formula is C22H27BrN2O. The lowest BCUT2D eigenvalue weighted by Crippen LogP contribution is -2.41. The van der Waals surface area contributed by atoms with Crippen LogP contribution in [0.5, 0.6) is 5.75 Å². The topological polar surface area (TPSA) is 24.5 Å². The number of hydrogen-bond donors (Lipinski definition) is 1. The summed E-state index contributed by atoms with van der Waals surface area (Å²) in [6.07, 6.45) is 4.86. The Bertz CT molecular complexity index is 731. The minimum absolute atomic E-state index is 0.566. The van der Waals surface area contributed by atoms with E-state index in [1.807, 2.05) is 6.07 Å². The molecule has 2 aliphatic rings. The summed E-state index contributed by atoms with van der Waals surface area (Å²) in [5, 5.41) is 3.69. The number of nitrogens with zero attached hydrogens (tertiary/aromatic N) is 1. The van der Waals surface area contributed by atoms with Gasteiger partial charge in [-0.15, -0.1) is 0 Å². The Morgan fingerprint density at radius 1 is 1.15 bits per heavy atom. The van der Waals surface area contributed by atoms with Crippen molar-refractivity contribution in [1.82, 2.24) is 4.90 Å². The second kappa shape index (κ2) is 8.01. The molecule has 26 heavy (non-hydrogen) atoms. The maximum absolute atomic E-state index is 5.38. The van der Waals surface area contributed by atoms with E-state index in [0.717, 1.165) is 31.1 Å². The summed E-state index contributed by atoms with van der Waals surface area (Å²) >= 11 is 3.70. The molecule has 2 aromatic rings. The van der Waals surface area contributed by atoms with Crippen molar-refractivity contribution in [2.45, 2.75) is 31.7 Å². The molecule has 3 nitrogen and oxygen atoms in total. The van der Waals surface area contributed by atoms with Crippen molar-refractivity contribution in [3.8, 4) is 5.75 Å². The second-order valence-corrected chi connectivity index (χ2v) is 8.46. The number of ether oxygens (including phenoxy) is 1. The van der Waals surface area contributed by atoms with Crippen LogP contribution < -0.4 is 10.1 Å². The van der Waals surface area contributed by atoms with Gasteiger partial charge in [-0.3, -0.25) is 0 Å². The molecule has 138 valence electrons. The van der Waals surface area contributed by atoms with Gasteiger partial charge in [-0.2, -0.15) is 0 Å². The number of nitrogens with one attached hydrogen (secondary N) is 1. The zero-order chi connectivity index (χ0) is 17.9. The van der Waals surface area contributed by atoms with Crippen molar-refractivity contribution in [1.29, 1.82) is 0 Å². The fourth-order valence-electron chi connectivity index (χ4n) is 4.32. The summed E-state index contributed by atoms with van der Waals surface area (Å²) < 4.78 is 6.58. The van der Waals surface area contributed by atoms with Crippen LogP contribution in [0.4, 0.5) is 5.69 Å². The Hall–Kier alpha value is -1.52. The Labute approximate surface area is 164 Å². The van der Waals surface area contributed by atoms with Gasteiger partial charge < -0.3 is 15.0 Å². The highest BCUT2D eigenvalue weighted by Gasteiger charge is 2.25. The lowest BCUT2D eigenvalue weighted by atomic mass is 9.90. The van der Waals surface area contributed by atoms with E-state index in [1.165, 1.54) is 47.2 Å². The molecule has 0 spiro atoms. The number of benzene rings is 2. The molecule has 1 N–H and O–H groups in total. The van der Waals surface area contributed by atoms with E-state index in [9.17, 15) is 0 Å². The number of methoxy groups -OCH3 is 1. The molecule has 4 heteroatoms. The van der Waals surface area contributed by atoms with Gasteiger partial charge in [0.2, 0.25) is 0 Å². The molecule has 2 aromatic carbocycles. The van der Waals surface area contributed by atoms with Crippen molar-refractivity contribution >= 4 is 21.6 Å². The SMILES string of the molecule is COc1ccc(Br)c(CC2CCN(CC3Cc4ccccc4N3)CC2)c1. The van der Waals surface area contributed by atoms with E-state index in [4.69, 9.17) is 4.74 Å². The predicted octanol–water partition coefficient (Wildman–Crippen LogP) is 4.75. The third-order valence-electron chi connectivity index (χ3n) is 5.79. The smallest absolute Gasteiger partial charge is 0.119 e. The number of halogens is 1. The van der Waals surface area contributed by atoms with Crippen molar-refractivity contribution in [2.24, 2.45) is 5.92 Å². The van der Waals surface area contributed by atoms with Crippen molar-refractivity contribution < 1.29 is 4.74 Å². The number of piperidine rings is 1. The highest BCUT2D eigenvalue weighted by atomic mass is 79.9. The van der Waals surface area contributed by atoms with Crippen LogP contribution in [0.1, 0.15) is 24.0 Å². The molecule has 2 heterocycles. The van der Waals surface area contributed by atoms with E-state index in [1.54, 1.807) is 7.11 Å². The summed E-state index contributed by atoms with van der Waals surface area (Å²) in [7, 11) is 1.74. The van der Waals surface area contributed by atoms with Crippen LogP contribution in [0.15, 0.2) is 46.9 Å². The van der Waals surface area contributed by atoms with Crippen molar-refractivity contribution in [2.75, 3.05) is 32.1 Å². The fraction of sp³-hybridized carbons (Fsp3) is 0.455. The first kappa shape index (κ1) is 17.9. The van der Waals surface area contributed by atoms with E-state index in [0.29, 0.717) is 6.04 Å². The van der Waals surface area contributed by atoms with Crippen LogP contribution in [0.3, 0.4) is 0 Å². The molecule has 0 aromatic heterocycles. The van der Waals surface area contributed by atoms with E-state index in [-0.39, 0.29) is 0 Å². The first-order chi connectivity index (χ1) is 12.7. The van der Waals surface area contributed by atoms with Gasteiger partial charge >= 0.3 is 0 Å². The monoisotopic (exact) mass is 414 g/mol. The highest BCUT2D eigenvalue weighted by Crippen LogP contribution is 2.30. The van der Waals surface area contributed by atoms with Gasteiger partial charge in [0.05, 0.1) is 7.11 Å². The molecule has 0 bridgehead atoms. The molecule has 1 atom stereocenters. The maximum atomic E-state index is 5.38. The Morgan fingerprint density at radius 3 is 2.73 bits per heavy atom. The molecule has 1 saturated heterocycles. The van der Waals surface area contributed by atoms with Gasteiger partial charge in [0.15, 0.2) is 0 Å². The largest absolute Gasteiger partial charge is 0.497 e. The average molecular weight is 415 g/mol. The average Bonchev–Trinajstić information content (AvgIpc) is 3.07. The molecular weight excluding hydrogens is 388 g/mol. The molecule has 2 aliphatic heterocycles. The van der Waals surface area contributed by atoms with Crippen LogP contribution in [0.2, 0.25) is 0 Å². The molecule has 1 fully saturated rings. The lowest BCUT2D eigenvalue weighted by Gasteiger charge is -2.33. The number of rotatable bonds is 5. The van der Waals surface area contributed by atoms with Crippen LogP contribution in [-0.2, 0) is 12.8 Å². The van der Waals surface area contributed by atoms with Crippen molar-refractivity contribution in [3.63, 3.8) is 0 Å². The number of hydrogen-bond acceptors (Lipinski definition) is 3. The fourth-order valence-corrected chi connectivity index (χ4v) is 4.72. The minimum atomic E-state index is 0.566. The van der Waals surface area contributed by atoms with Crippen LogP contribution in [-0.4, -0.2) is 37.7 Å². The Kier molecular flexibility index (Phi) is 5.51. The number of likely N-dealkylation sites (tertiary alicyclic amines) is 1. The Balaban J connectivity index is 1.27. The van der Waals surface area contributed by atoms with Crippen LogP contribution in [0.25, 0.3) is 0 Å². The maximum Gasteiger partial charge on any atom is 0.119 e. The molecule has 4 rings (SSSR count). The van der Waals surface area contributed by atoms with Crippen LogP contribution >= 0.6 is 15.9 Å². The van der Waals surface area contributed by atoms with Crippen molar-refractivity contribution in [3.05, 3.63) is 58.1 Å². The number of anilines is 1. The van der Waals surface area contributed by atoms with Crippen LogP contribution in [0, 0.1) is 5.92 Å². The third kappa shape index (κ3) is 4.07. The lowest BCUT2D eigenvalue weighted by molar-refractivity contribution is 0.178. The predicted molar refractivity (Wildman–Crippen MR) is 111 cm³/mol. The summed E-state index contributed by atoms with van der Waals surface area (Å²) in [6, 6.07) is 15.6. The van der Waals surface area contributed by atoms with Gasteiger partial charge in [0.1, 0.15) is 5.75 Å². The summed E-state index contributed by atoms with van der Waals surface area (Å²) in [6.45, 7) is 3.58. The van der Waals surface area contributed by atoms with E-state index >= 15 is 0 Å². The van der Waals surface area contributed by atoms with Gasteiger partial charge in [0.25, 0.3) is 0 Å². The van der Waals surface area contributed by atoms with Gasteiger partial charge in [-0.1, -0.05) is 34.1 Å². The Morgan fingerprint density at radius 2 is 1.96 bits per heavy atom. The molecule has 0 radical (unpaired) electrons. The first-order valence-electron chi connectivity index (χ1n) is 9.60. The summed E-state index contributed by atoms with van der Waals surface area (Å²) in [5.41, 5.74) is 4.17. The third-order valence-corrected chi connectivity index (χ3v) is 6.56. The number of fused-ring (bicyclic) bond motifs is 1. The molecule has 0 saturated carbocycles. The molecule has 0 amide bonds. The molecule has 0 aliphatic carbocycles. The van der Waals surface area contributed by atoms with Gasteiger partial charge in [0, 0.05) is 22.7 Å². The highest BCUT2D eigenvalue weighted by molar-refractivity contribution is 9.10. The van der Waals surface area contributed by atoms with E-state index in [2.05, 4.69) is 62.5 Å². The standard InChI is InChI=1S/C22H27BrN2O/c1-26-20-6-7-21(23)18(14-20)12-16-8-10-25(11-9-16)15-19-13-17-4-2-3-5-22(17)24-19/h2-7,14,16,19,24H,8-13,15H2,1H3. The summed E-state index contributed by atoms with van der Waals surface area (Å²) in [4.78, 5) is 2.64. The molecule has 1 unspecified atom stereocenters. The quantitative estimate of drug-likeness (QED) is 0.763. The zero-order valence-electron chi connectivity index (χ0n) is 15.4. The van der Waals surface area contributed by atoms with E-state index < -0.39 is 0 Å². The zero-order valence-corrected chi connectivity index (χ0v) is 17.0. The minimum Gasteiger partial charge on any atom is -0.497 e. The normalized spacial score (nSPS) is 20.6. The van der Waals surface area contributed by atoms with Gasteiger partial charge in [-0.25, -0.2) is 0 Å². The second-order valence-electron chi connectivity index (χ2n) is 7.61. The number of para-hydroxylation sites is 1. The van der Waals surface area contributed by atoms with Gasteiger partial charge in [-0.05, 0) is 80.1 Å². The first-order valence-corrected chi connectivity index (χ1v) is 10.4. The summed E-state index contributed by atoms with van der Waals surface area (Å²) in [5.74, 6) is 1.72.